The second kappa shape index (κ2) is 4.24. The van der Waals surface area contributed by atoms with E-state index in [0.29, 0.717) is 5.56 Å². The number of aliphatic hydroxyl groups excluding tert-OH is 1. The number of halogens is 3. The molecule has 0 saturated heterocycles. The Kier molecular flexibility index (Phi) is 3.50. The van der Waals surface area contributed by atoms with E-state index >= 15 is 0 Å². The monoisotopic (exact) mass is 223 g/mol. The molecule has 0 radical (unpaired) electrons. The third-order valence-corrected chi connectivity index (χ3v) is 2.39. The van der Waals surface area contributed by atoms with Gasteiger partial charge in [0.2, 0.25) is 0 Å². The summed E-state index contributed by atoms with van der Waals surface area (Å²) in [5, 5.41) is 9.21. The molecule has 0 aliphatic rings. The van der Waals surface area contributed by atoms with Gasteiger partial charge in [-0.05, 0) is 17.7 Å². The highest BCUT2D eigenvalue weighted by atomic mass is 35.5. The molecular formula is C8H8Cl2FNO. The largest absolute Gasteiger partial charge is 0.387 e. The fraction of sp³-hybridized carbons (Fsp3) is 0.250. The number of aliphatic hydroxyl groups is 1. The zero-order valence-corrected chi connectivity index (χ0v) is 8.11. The summed E-state index contributed by atoms with van der Waals surface area (Å²) >= 11 is 11.1. The molecule has 0 aliphatic heterocycles. The topological polar surface area (TPSA) is 46.2 Å². The van der Waals surface area contributed by atoms with Gasteiger partial charge in [-0.15, -0.1) is 0 Å². The van der Waals surface area contributed by atoms with E-state index in [1.807, 2.05) is 0 Å². The lowest BCUT2D eigenvalue weighted by atomic mass is 10.1. The van der Waals surface area contributed by atoms with Crippen LogP contribution in [0.25, 0.3) is 0 Å². The second-order valence-electron chi connectivity index (χ2n) is 2.55. The van der Waals surface area contributed by atoms with Crippen LogP contribution in [0.5, 0.6) is 0 Å². The van der Waals surface area contributed by atoms with E-state index < -0.39 is 11.9 Å². The zero-order chi connectivity index (χ0) is 10.0. The Balaban J connectivity index is 3.13. The van der Waals surface area contributed by atoms with E-state index in [2.05, 4.69) is 0 Å². The van der Waals surface area contributed by atoms with E-state index in [9.17, 15) is 9.50 Å². The van der Waals surface area contributed by atoms with Gasteiger partial charge in [-0.1, -0.05) is 23.2 Å². The van der Waals surface area contributed by atoms with Crippen LogP contribution in [-0.4, -0.2) is 11.7 Å². The summed E-state index contributed by atoms with van der Waals surface area (Å²) in [4.78, 5) is 0. The summed E-state index contributed by atoms with van der Waals surface area (Å²) in [7, 11) is 0. The molecule has 5 heteroatoms. The molecule has 0 spiro atoms. The van der Waals surface area contributed by atoms with Crippen LogP contribution in [0.1, 0.15) is 11.7 Å². The first-order chi connectivity index (χ1) is 6.06. The van der Waals surface area contributed by atoms with Crippen molar-refractivity contribution in [3.8, 4) is 0 Å². The summed E-state index contributed by atoms with van der Waals surface area (Å²) in [6.45, 7) is 0.0113. The van der Waals surface area contributed by atoms with E-state index in [1.165, 1.54) is 6.07 Å². The van der Waals surface area contributed by atoms with E-state index in [-0.39, 0.29) is 16.6 Å². The molecule has 0 aromatic heterocycles. The summed E-state index contributed by atoms with van der Waals surface area (Å²) in [6.07, 6.45) is -0.913. The van der Waals surface area contributed by atoms with E-state index in [0.717, 1.165) is 6.07 Å². The maximum absolute atomic E-state index is 13.0. The highest BCUT2D eigenvalue weighted by Crippen LogP contribution is 2.28. The maximum Gasteiger partial charge on any atom is 0.143 e. The first-order valence-corrected chi connectivity index (χ1v) is 4.34. The minimum absolute atomic E-state index is 0.0113. The van der Waals surface area contributed by atoms with Crippen molar-refractivity contribution in [2.75, 3.05) is 6.54 Å². The molecule has 1 aromatic rings. The lowest BCUT2D eigenvalue weighted by Gasteiger charge is -2.09. The van der Waals surface area contributed by atoms with Crippen LogP contribution in [0, 0.1) is 5.82 Å². The van der Waals surface area contributed by atoms with Crippen molar-refractivity contribution < 1.29 is 9.50 Å². The second-order valence-corrected chi connectivity index (χ2v) is 3.34. The molecule has 0 bridgehead atoms. The van der Waals surface area contributed by atoms with Crippen LogP contribution in [-0.2, 0) is 0 Å². The first-order valence-electron chi connectivity index (χ1n) is 3.59. The molecule has 2 nitrogen and oxygen atoms in total. The minimum atomic E-state index is -0.913. The summed E-state index contributed by atoms with van der Waals surface area (Å²) in [6, 6.07) is 2.51. The molecular weight excluding hydrogens is 216 g/mol. The van der Waals surface area contributed by atoms with Gasteiger partial charge in [0.25, 0.3) is 0 Å². The Morgan fingerprint density at radius 2 is 2.08 bits per heavy atom. The number of hydrogen-bond donors (Lipinski definition) is 2. The van der Waals surface area contributed by atoms with Crippen LogP contribution in [0.2, 0.25) is 10.0 Å². The predicted molar refractivity (Wildman–Crippen MR) is 50.4 cm³/mol. The van der Waals surface area contributed by atoms with Crippen LogP contribution in [0.4, 0.5) is 4.39 Å². The molecule has 13 heavy (non-hydrogen) atoms. The van der Waals surface area contributed by atoms with Crippen LogP contribution in [0.3, 0.4) is 0 Å². The van der Waals surface area contributed by atoms with Crippen LogP contribution < -0.4 is 5.73 Å². The molecule has 1 aromatic carbocycles. The van der Waals surface area contributed by atoms with Crippen molar-refractivity contribution in [2.24, 2.45) is 5.73 Å². The molecule has 3 N–H and O–H groups in total. The Morgan fingerprint density at radius 1 is 1.46 bits per heavy atom. The van der Waals surface area contributed by atoms with Crippen molar-refractivity contribution in [2.45, 2.75) is 6.10 Å². The van der Waals surface area contributed by atoms with Crippen LogP contribution in [0.15, 0.2) is 12.1 Å². The highest BCUT2D eigenvalue weighted by molar-refractivity contribution is 6.42. The van der Waals surface area contributed by atoms with Gasteiger partial charge in [0.1, 0.15) is 5.82 Å². The smallest absolute Gasteiger partial charge is 0.143 e. The number of rotatable bonds is 2. The van der Waals surface area contributed by atoms with Gasteiger partial charge in [0.15, 0.2) is 0 Å². The molecule has 0 aliphatic carbocycles. The molecule has 0 fully saturated rings. The average molecular weight is 224 g/mol. The van der Waals surface area contributed by atoms with Crippen molar-refractivity contribution in [1.29, 1.82) is 0 Å². The lowest BCUT2D eigenvalue weighted by molar-refractivity contribution is 0.186. The van der Waals surface area contributed by atoms with Crippen molar-refractivity contribution in [1.82, 2.24) is 0 Å². The molecule has 1 rings (SSSR count). The molecule has 0 heterocycles. The minimum Gasteiger partial charge on any atom is -0.387 e. The summed E-state index contributed by atoms with van der Waals surface area (Å²) < 4.78 is 13.0. The molecule has 72 valence electrons. The maximum atomic E-state index is 13.0. The van der Waals surface area contributed by atoms with Gasteiger partial charge in [-0.2, -0.15) is 0 Å². The van der Waals surface area contributed by atoms with Gasteiger partial charge < -0.3 is 10.8 Å². The van der Waals surface area contributed by atoms with Gasteiger partial charge in [0.05, 0.1) is 16.1 Å². The lowest BCUT2D eigenvalue weighted by Crippen LogP contribution is -2.11. The summed E-state index contributed by atoms with van der Waals surface area (Å²) in [5.74, 6) is -0.656. The average Bonchev–Trinajstić information content (AvgIpc) is 2.12. The normalized spacial score (nSPS) is 13.0. The van der Waals surface area contributed by atoms with Crippen molar-refractivity contribution in [3.63, 3.8) is 0 Å². The predicted octanol–water partition coefficient (Wildman–Crippen LogP) is 2.12. The molecule has 0 amide bonds. The standard InChI is InChI=1S/C8H8Cl2FNO/c9-5-1-4(7(13)3-12)2-6(11)8(5)10/h1-2,7,13H,3,12H2. The van der Waals surface area contributed by atoms with Gasteiger partial charge in [-0.25, -0.2) is 4.39 Å². The van der Waals surface area contributed by atoms with E-state index in [4.69, 9.17) is 28.9 Å². The number of benzene rings is 1. The third kappa shape index (κ3) is 2.31. The Labute approximate surface area is 85.1 Å². The Hall–Kier alpha value is -0.350. The molecule has 1 atom stereocenters. The highest BCUT2D eigenvalue weighted by Gasteiger charge is 2.11. The fourth-order valence-corrected chi connectivity index (χ4v) is 1.23. The van der Waals surface area contributed by atoms with Gasteiger partial charge in [-0.3, -0.25) is 0 Å². The Morgan fingerprint density at radius 3 is 2.54 bits per heavy atom. The van der Waals surface area contributed by atoms with E-state index in [1.54, 1.807) is 0 Å². The Bertz CT molecular complexity index is 296. The van der Waals surface area contributed by atoms with Crippen molar-refractivity contribution >= 4 is 23.2 Å². The quantitative estimate of drug-likeness (QED) is 0.755. The van der Waals surface area contributed by atoms with Gasteiger partial charge >= 0.3 is 0 Å². The number of hydrogen-bond acceptors (Lipinski definition) is 2. The third-order valence-electron chi connectivity index (χ3n) is 1.61. The molecule has 1 unspecified atom stereocenters. The number of nitrogens with two attached hydrogens (primary N) is 1. The fourth-order valence-electron chi connectivity index (χ4n) is 0.904. The SMILES string of the molecule is NCC(O)c1cc(F)c(Cl)c(Cl)c1. The van der Waals surface area contributed by atoms with Gasteiger partial charge in [0, 0.05) is 6.54 Å². The van der Waals surface area contributed by atoms with Crippen molar-refractivity contribution in [3.05, 3.63) is 33.6 Å². The van der Waals surface area contributed by atoms with Crippen LogP contribution >= 0.6 is 23.2 Å². The first kappa shape index (κ1) is 10.7. The zero-order valence-electron chi connectivity index (χ0n) is 6.60. The summed E-state index contributed by atoms with van der Waals surface area (Å²) in [5.41, 5.74) is 5.52. The molecule has 0 saturated carbocycles.